The molecule has 0 unspecified atom stereocenters. The summed E-state index contributed by atoms with van der Waals surface area (Å²) < 4.78 is 0. The van der Waals surface area contributed by atoms with Gasteiger partial charge in [0.05, 0.1) is 6.07 Å². The molecule has 0 spiro atoms. The zero-order chi connectivity index (χ0) is 10.4. The molecule has 0 fully saturated rings. The molecule has 0 aliphatic heterocycles. The highest BCUT2D eigenvalue weighted by molar-refractivity contribution is 5.94. The van der Waals surface area contributed by atoms with Crippen molar-refractivity contribution in [1.82, 2.24) is 0 Å². The number of hydrogen-bond acceptors (Lipinski definition) is 2. The number of carbonyl (C=O) groups excluding carboxylic acids is 1. The van der Waals surface area contributed by atoms with Crippen molar-refractivity contribution in [2.75, 3.05) is 0 Å². The van der Waals surface area contributed by atoms with Gasteiger partial charge in [0, 0.05) is 12.0 Å². The van der Waals surface area contributed by atoms with Gasteiger partial charge in [-0.25, -0.2) is 0 Å². The zero-order valence-corrected chi connectivity index (χ0v) is 7.86. The quantitative estimate of drug-likeness (QED) is 0.730. The van der Waals surface area contributed by atoms with Gasteiger partial charge in [0.2, 0.25) is 5.91 Å². The van der Waals surface area contributed by atoms with Gasteiger partial charge in [-0.3, -0.25) is 4.79 Å². The van der Waals surface area contributed by atoms with Crippen molar-refractivity contribution in [3.63, 3.8) is 0 Å². The van der Waals surface area contributed by atoms with Crippen LogP contribution in [-0.2, 0) is 6.42 Å². The molecule has 0 heterocycles. The Balaban J connectivity index is 2.75. The highest BCUT2D eigenvalue weighted by Gasteiger charge is 2.05. The van der Waals surface area contributed by atoms with E-state index in [0.717, 1.165) is 18.4 Å². The molecular weight excluding hydrogens is 176 g/mol. The molecule has 0 aromatic heterocycles. The molecule has 3 nitrogen and oxygen atoms in total. The van der Waals surface area contributed by atoms with Crippen LogP contribution < -0.4 is 5.73 Å². The number of carbonyl (C=O) groups is 1. The normalized spacial score (nSPS) is 9.36. The molecule has 1 aromatic carbocycles. The van der Waals surface area contributed by atoms with E-state index in [1.165, 1.54) is 0 Å². The fraction of sp³-hybridized carbons (Fsp3) is 0.273. The minimum Gasteiger partial charge on any atom is -0.366 e. The predicted octanol–water partition coefficient (Wildman–Crippen LogP) is 1.63. The Hall–Kier alpha value is -1.82. The fourth-order valence-electron chi connectivity index (χ4n) is 1.34. The van der Waals surface area contributed by atoms with E-state index >= 15 is 0 Å². The van der Waals surface area contributed by atoms with E-state index < -0.39 is 5.91 Å². The molecule has 0 saturated carbocycles. The molecule has 1 aromatic rings. The Morgan fingerprint density at radius 3 is 2.79 bits per heavy atom. The van der Waals surface area contributed by atoms with Gasteiger partial charge in [-0.05, 0) is 24.5 Å². The number of hydrogen-bond donors (Lipinski definition) is 1. The Labute approximate surface area is 83.2 Å². The van der Waals surface area contributed by atoms with Gasteiger partial charge < -0.3 is 5.73 Å². The molecule has 0 aliphatic carbocycles. The summed E-state index contributed by atoms with van der Waals surface area (Å²) in [6.45, 7) is 0. The Kier molecular flexibility index (Phi) is 3.69. The van der Waals surface area contributed by atoms with Crippen molar-refractivity contribution in [2.24, 2.45) is 5.73 Å². The van der Waals surface area contributed by atoms with Crippen LogP contribution in [0.4, 0.5) is 0 Å². The fourth-order valence-corrected chi connectivity index (χ4v) is 1.34. The van der Waals surface area contributed by atoms with E-state index in [1.807, 2.05) is 12.1 Å². The lowest BCUT2D eigenvalue weighted by molar-refractivity contribution is 0.0999. The first-order valence-corrected chi connectivity index (χ1v) is 4.50. The minimum absolute atomic E-state index is 0.405. The molecule has 2 N–H and O–H groups in total. The second kappa shape index (κ2) is 5.03. The molecule has 0 radical (unpaired) electrons. The maximum absolute atomic E-state index is 11.0. The van der Waals surface area contributed by atoms with E-state index in [4.69, 9.17) is 11.0 Å². The van der Waals surface area contributed by atoms with Crippen molar-refractivity contribution in [3.8, 4) is 6.07 Å². The van der Waals surface area contributed by atoms with Crippen molar-refractivity contribution >= 4 is 5.91 Å². The molecule has 14 heavy (non-hydrogen) atoms. The predicted molar refractivity (Wildman–Crippen MR) is 53.5 cm³/mol. The van der Waals surface area contributed by atoms with E-state index in [2.05, 4.69) is 6.07 Å². The van der Waals surface area contributed by atoms with Crippen LogP contribution in [0.3, 0.4) is 0 Å². The molecular formula is C11H12N2O. The number of primary amides is 1. The van der Waals surface area contributed by atoms with E-state index in [-0.39, 0.29) is 0 Å². The number of nitrogens with two attached hydrogens (primary N) is 1. The van der Waals surface area contributed by atoms with Gasteiger partial charge in [-0.2, -0.15) is 5.26 Å². The van der Waals surface area contributed by atoms with Crippen LogP contribution in [0, 0.1) is 11.3 Å². The summed E-state index contributed by atoms with van der Waals surface area (Å²) in [6, 6.07) is 9.31. The van der Waals surface area contributed by atoms with Crippen LogP contribution in [0.15, 0.2) is 24.3 Å². The first-order valence-electron chi connectivity index (χ1n) is 4.50. The third kappa shape index (κ3) is 2.60. The van der Waals surface area contributed by atoms with Gasteiger partial charge >= 0.3 is 0 Å². The Morgan fingerprint density at radius 2 is 2.14 bits per heavy atom. The number of benzene rings is 1. The molecule has 0 saturated heterocycles. The Morgan fingerprint density at radius 1 is 1.43 bits per heavy atom. The van der Waals surface area contributed by atoms with Crippen molar-refractivity contribution in [3.05, 3.63) is 35.4 Å². The smallest absolute Gasteiger partial charge is 0.248 e. The second-order valence-corrected chi connectivity index (χ2v) is 3.03. The zero-order valence-electron chi connectivity index (χ0n) is 7.86. The molecule has 0 aliphatic rings. The van der Waals surface area contributed by atoms with E-state index in [0.29, 0.717) is 12.0 Å². The third-order valence-corrected chi connectivity index (χ3v) is 2.02. The minimum atomic E-state index is -0.405. The standard InChI is InChI=1S/C11H12N2O/c12-8-4-3-6-9-5-1-2-7-10(9)11(13)14/h1-2,5,7H,3-4,6H2,(H2,13,14). The van der Waals surface area contributed by atoms with Crippen LogP contribution in [0.5, 0.6) is 0 Å². The van der Waals surface area contributed by atoms with Crippen LogP contribution in [0.25, 0.3) is 0 Å². The highest BCUT2D eigenvalue weighted by Crippen LogP contribution is 2.11. The maximum Gasteiger partial charge on any atom is 0.248 e. The lowest BCUT2D eigenvalue weighted by atomic mass is 10.0. The summed E-state index contributed by atoms with van der Waals surface area (Å²) >= 11 is 0. The van der Waals surface area contributed by atoms with Crippen molar-refractivity contribution < 1.29 is 4.79 Å². The molecule has 0 atom stereocenters. The number of nitriles is 1. The lowest BCUT2D eigenvalue weighted by Crippen LogP contribution is -2.13. The number of rotatable bonds is 4. The number of aryl methyl sites for hydroxylation is 1. The first kappa shape index (κ1) is 10.3. The summed E-state index contributed by atoms with van der Waals surface area (Å²) in [5, 5.41) is 8.38. The van der Waals surface area contributed by atoms with Crippen LogP contribution >= 0.6 is 0 Å². The van der Waals surface area contributed by atoms with Gasteiger partial charge in [0.25, 0.3) is 0 Å². The number of unbranched alkanes of at least 4 members (excludes halogenated alkanes) is 1. The SMILES string of the molecule is N#CCCCc1ccccc1C(N)=O. The number of nitrogens with zero attached hydrogens (tertiary/aromatic N) is 1. The first-order chi connectivity index (χ1) is 6.75. The van der Waals surface area contributed by atoms with Crippen LogP contribution in [0.2, 0.25) is 0 Å². The summed E-state index contributed by atoms with van der Waals surface area (Å²) in [6.07, 6.45) is 2.00. The molecule has 72 valence electrons. The van der Waals surface area contributed by atoms with Crippen LogP contribution in [-0.4, -0.2) is 5.91 Å². The van der Waals surface area contributed by atoms with E-state index in [9.17, 15) is 4.79 Å². The highest BCUT2D eigenvalue weighted by atomic mass is 16.1. The summed E-state index contributed by atoms with van der Waals surface area (Å²) in [4.78, 5) is 11.0. The largest absolute Gasteiger partial charge is 0.366 e. The second-order valence-electron chi connectivity index (χ2n) is 3.03. The number of amides is 1. The maximum atomic E-state index is 11.0. The lowest BCUT2D eigenvalue weighted by Gasteiger charge is -2.04. The van der Waals surface area contributed by atoms with Crippen molar-refractivity contribution in [1.29, 1.82) is 5.26 Å². The molecule has 0 bridgehead atoms. The third-order valence-electron chi connectivity index (χ3n) is 2.02. The monoisotopic (exact) mass is 188 g/mol. The van der Waals surface area contributed by atoms with E-state index in [1.54, 1.807) is 12.1 Å². The average Bonchev–Trinajstić information content (AvgIpc) is 2.19. The van der Waals surface area contributed by atoms with Crippen molar-refractivity contribution in [2.45, 2.75) is 19.3 Å². The molecule has 1 amide bonds. The summed E-state index contributed by atoms with van der Waals surface area (Å²) in [5.74, 6) is -0.405. The van der Waals surface area contributed by atoms with Gasteiger partial charge in [0.1, 0.15) is 0 Å². The average molecular weight is 188 g/mol. The van der Waals surface area contributed by atoms with Gasteiger partial charge in [-0.1, -0.05) is 18.2 Å². The Bertz CT molecular complexity index is 366. The topological polar surface area (TPSA) is 66.9 Å². The van der Waals surface area contributed by atoms with Gasteiger partial charge in [0.15, 0.2) is 0 Å². The van der Waals surface area contributed by atoms with Gasteiger partial charge in [-0.15, -0.1) is 0 Å². The van der Waals surface area contributed by atoms with Crippen LogP contribution in [0.1, 0.15) is 28.8 Å². The summed E-state index contributed by atoms with van der Waals surface area (Å²) in [5.41, 5.74) is 6.70. The summed E-state index contributed by atoms with van der Waals surface area (Å²) in [7, 11) is 0. The molecule has 1 rings (SSSR count). The molecule has 3 heteroatoms.